The minimum atomic E-state index is -1.67. The van der Waals surface area contributed by atoms with Gasteiger partial charge in [0, 0.05) is 24.9 Å². The van der Waals surface area contributed by atoms with Crippen LogP contribution in [-0.4, -0.2) is 41.4 Å². The first kappa shape index (κ1) is 22.1. The van der Waals surface area contributed by atoms with Crippen molar-refractivity contribution in [2.24, 2.45) is 11.8 Å². The zero-order chi connectivity index (χ0) is 19.4. The average Bonchev–Trinajstić information content (AvgIpc) is 3.17. The molecule has 2 rings (SSSR count). The van der Waals surface area contributed by atoms with Gasteiger partial charge in [0.15, 0.2) is 16.6 Å². The van der Waals surface area contributed by atoms with Gasteiger partial charge in [0.2, 0.25) is 0 Å². The van der Waals surface area contributed by atoms with Crippen molar-refractivity contribution >= 4 is 22.6 Å². The first-order chi connectivity index (χ1) is 12.4. The molecule has 2 fully saturated rings. The lowest BCUT2D eigenvalue weighted by atomic mass is 9.93. The van der Waals surface area contributed by atoms with Gasteiger partial charge >= 0.3 is 5.97 Å². The van der Waals surface area contributed by atoms with Crippen LogP contribution in [0.5, 0.6) is 0 Å². The van der Waals surface area contributed by atoms with Crippen molar-refractivity contribution < 1.29 is 18.4 Å². The van der Waals surface area contributed by atoms with Crippen LogP contribution in [0.3, 0.4) is 0 Å². The molecular weight excluding hydrogens is 360 g/mol. The van der Waals surface area contributed by atoms with Gasteiger partial charge in [-0.1, -0.05) is 41.5 Å². The normalized spacial score (nSPS) is 29.1. The Morgan fingerprint density at radius 2 is 1.46 bits per heavy atom. The van der Waals surface area contributed by atoms with Crippen LogP contribution in [0.15, 0.2) is 0 Å². The quantitative estimate of drug-likeness (QED) is 0.346. The van der Waals surface area contributed by atoms with E-state index in [0.29, 0.717) is 18.3 Å². The van der Waals surface area contributed by atoms with Gasteiger partial charge in [-0.3, -0.25) is 4.79 Å². The van der Waals surface area contributed by atoms with Crippen molar-refractivity contribution in [3.8, 4) is 0 Å². The fourth-order valence-corrected chi connectivity index (χ4v) is 10.5. The van der Waals surface area contributed by atoms with Crippen LogP contribution in [-0.2, 0) is 18.4 Å². The maximum Gasteiger partial charge on any atom is 0.306 e. The van der Waals surface area contributed by atoms with Gasteiger partial charge in [0.05, 0.1) is 12.5 Å². The van der Waals surface area contributed by atoms with Crippen LogP contribution in [0.2, 0.25) is 36.3 Å². The second-order valence-electron chi connectivity index (χ2n) is 8.25. The molecule has 0 radical (unpaired) electrons. The van der Waals surface area contributed by atoms with Gasteiger partial charge in [0.25, 0.3) is 0 Å². The molecule has 0 spiro atoms. The third-order valence-electron chi connectivity index (χ3n) is 7.50. The number of carbonyl (C=O) groups is 1. The zero-order valence-electron chi connectivity index (χ0n) is 17.8. The lowest BCUT2D eigenvalue weighted by molar-refractivity contribution is -0.141. The minimum Gasteiger partial charge on any atom is -0.462 e. The molecular formula is C20H40O4Si2. The van der Waals surface area contributed by atoms with Crippen molar-refractivity contribution in [3.63, 3.8) is 0 Å². The van der Waals surface area contributed by atoms with Gasteiger partial charge < -0.3 is 13.6 Å². The lowest BCUT2D eigenvalue weighted by Crippen LogP contribution is -2.44. The van der Waals surface area contributed by atoms with E-state index < -0.39 is 16.6 Å². The van der Waals surface area contributed by atoms with Crippen LogP contribution in [0.1, 0.15) is 54.4 Å². The predicted molar refractivity (Wildman–Crippen MR) is 111 cm³/mol. The zero-order valence-corrected chi connectivity index (χ0v) is 19.8. The van der Waals surface area contributed by atoms with Crippen LogP contribution in [0.4, 0.5) is 0 Å². The van der Waals surface area contributed by atoms with Gasteiger partial charge in [-0.05, 0) is 36.3 Å². The Kier molecular flexibility index (Phi) is 7.95. The summed E-state index contributed by atoms with van der Waals surface area (Å²) < 4.78 is 19.2. The summed E-state index contributed by atoms with van der Waals surface area (Å²) in [5.41, 5.74) is 0. The average molecular weight is 401 g/mol. The van der Waals surface area contributed by atoms with Crippen molar-refractivity contribution in [2.75, 3.05) is 6.61 Å². The highest BCUT2D eigenvalue weighted by Crippen LogP contribution is 2.45. The number of carbonyl (C=O) groups excluding carboxylic acids is 1. The first-order valence-electron chi connectivity index (χ1n) is 10.9. The van der Waals surface area contributed by atoms with Gasteiger partial charge in [-0.25, -0.2) is 0 Å². The molecule has 0 amide bonds. The Hall–Kier alpha value is -0.176. The standard InChI is InChI=1S/C20H40O4Si2/c1-7-25(8-2,9-3)22-15-17-16-13-20(21)23-18(16)14-19(17)24-26(10-4,11-5)12-6/h16-19H,7-15H2,1-6H3/t16-,17-,18+,19-/m1/s1. The summed E-state index contributed by atoms with van der Waals surface area (Å²) >= 11 is 0. The van der Waals surface area contributed by atoms with Crippen molar-refractivity contribution in [1.82, 2.24) is 0 Å². The Morgan fingerprint density at radius 3 is 1.96 bits per heavy atom. The number of hydrogen-bond acceptors (Lipinski definition) is 4. The summed E-state index contributed by atoms with van der Waals surface area (Å²) in [6.07, 6.45) is 1.69. The highest BCUT2D eigenvalue weighted by atomic mass is 28.4. The number of rotatable bonds is 11. The molecule has 0 bridgehead atoms. The molecule has 1 saturated carbocycles. The molecule has 6 heteroatoms. The van der Waals surface area contributed by atoms with E-state index in [4.69, 9.17) is 13.6 Å². The van der Waals surface area contributed by atoms with Crippen LogP contribution in [0, 0.1) is 11.8 Å². The molecule has 4 atom stereocenters. The molecule has 0 aromatic heterocycles. The lowest BCUT2D eigenvalue weighted by Gasteiger charge is -2.37. The Morgan fingerprint density at radius 1 is 0.923 bits per heavy atom. The molecule has 2 aliphatic rings. The summed E-state index contributed by atoms with van der Waals surface area (Å²) in [5.74, 6) is 0.583. The first-order valence-corrected chi connectivity index (χ1v) is 16.0. The minimum absolute atomic E-state index is 0.0292. The van der Waals surface area contributed by atoms with Crippen LogP contribution >= 0.6 is 0 Å². The molecule has 1 heterocycles. The van der Waals surface area contributed by atoms with E-state index >= 15 is 0 Å². The second-order valence-corrected chi connectivity index (χ2v) is 17.7. The summed E-state index contributed by atoms with van der Waals surface area (Å²) in [4.78, 5) is 11.8. The van der Waals surface area contributed by atoms with Crippen LogP contribution < -0.4 is 0 Å². The summed E-state index contributed by atoms with van der Waals surface area (Å²) in [6, 6.07) is 6.99. The SMILES string of the molecule is CC[Si](CC)(CC)OC[C@@H]1[C@H]2CC(=O)O[C@H]2C[C@H]1O[Si](CC)(CC)CC. The molecule has 1 saturated heterocycles. The van der Waals surface area contributed by atoms with E-state index in [1.807, 2.05) is 0 Å². The number of hydrogen-bond donors (Lipinski definition) is 0. The molecule has 0 aromatic carbocycles. The molecule has 26 heavy (non-hydrogen) atoms. The molecule has 4 nitrogen and oxygen atoms in total. The molecule has 1 aliphatic carbocycles. The molecule has 0 unspecified atom stereocenters. The van der Waals surface area contributed by atoms with Crippen molar-refractivity contribution in [2.45, 2.75) is 103 Å². The van der Waals surface area contributed by atoms with E-state index in [1.54, 1.807) is 0 Å². The summed E-state index contributed by atoms with van der Waals surface area (Å²) in [5, 5.41) is 0. The largest absolute Gasteiger partial charge is 0.462 e. The third-order valence-corrected chi connectivity index (χ3v) is 16.8. The van der Waals surface area contributed by atoms with Crippen LogP contribution in [0.25, 0.3) is 0 Å². The van der Waals surface area contributed by atoms with E-state index in [0.717, 1.165) is 31.2 Å². The third kappa shape index (κ3) is 4.45. The molecule has 1 aliphatic heterocycles. The fraction of sp³-hybridized carbons (Fsp3) is 0.950. The Balaban J connectivity index is 2.15. The molecule has 0 N–H and O–H groups in total. The van der Waals surface area contributed by atoms with Gasteiger partial charge in [0.1, 0.15) is 6.10 Å². The van der Waals surface area contributed by atoms with E-state index in [1.165, 1.54) is 18.1 Å². The van der Waals surface area contributed by atoms with E-state index in [2.05, 4.69) is 41.5 Å². The maximum atomic E-state index is 11.8. The molecule has 152 valence electrons. The monoisotopic (exact) mass is 400 g/mol. The predicted octanol–water partition coefficient (Wildman–Crippen LogP) is 5.35. The highest BCUT2D eigenvalue weighted by molar-refractivity contribution is 6.74. The van der Waals surface area contributed by atoms with E-state index in [9.17, 15) is 4.79 Å². The molecule has 0 aromatic rings. The topological polar surface area (TPSA) is 44.8 Å². The second kappa shape index (κ2) is 9.35. The smallest absolute Gasteiger partial charge is 0.306 e. The number of esters is 1. The summed E-state index contributed by atoms with van der Waals surface area (Å²) in [7, 11) is -3.30. The fourth-order valence-electron chi connectivity index (χ4n) is 4.97. The van der Waals surface area contributed by atoms with E-state index in [-0.39, 0.29) is 18.2 Å². The van der Waals surface area contributed by atoms with Crippen molar-refractivity contribution in [3.05, 3.63) is 0 Å². The highest BCUT2D eigenvalue weighted by Gasteiger charge is 2.52. The maximum absolute atomic E-state index is 11.8. The summed E-state index contributed by atoms with van der Waals surface area (Å²) in [6.45, 7) is 14.4. The number of fused-ring (bicyclic) bond motifs is 1. The Labute approximate surface area is 162 Å². The number of ether oxygens (including phenoxy) is 1. The Bertz CT molecular complexity index is 446. The van der Waals surface area contributed by atoms with Crippen molar-refractivity contribution in [1.29, 1.82) is 0 Å². The van der Waals surface area contributed by atoms with Gasteiger partial charge in [-0.15, -0.1) is 0 Å². The van der Waals surface area contributed by atoms with Gasteiger partial charge in [-0.2, -0.15) is 0 Å².